The first-order valence-electron chi connectivity index (χ1n) is 4.41. The minimum absolute atomic E-state index is 0.0695. The number of ether oxygens (including phenoxy) is 2. The van der Waals surface area contributed by atoms with Gasteiger partial charge in [0.1, 0.15) is 16.8 Å². The second kappa shape index (κ2) is 5.57. The normalized spacial score (nSPS) is 12.1. The summed E-state index contributed by atoms with van der Waals surface area (Å²) >= 11 is 4.75. The highest BCUT2D eigenvalue weighted by atomic mass is 32.1. The summed E-state index contributed by atoms with van der Waals surface area (Å²) in [6, 6.07) is 0. The molecule has 0 spiro atoms. The van der Waals surface area contributed by atoms with Gasteiger partial charge < -0.3 is 15.2 Å². The molecule has 0 saturated heterocycles. The number of nitrogens with two attached hydrogens (primary N) is 1. The lowest BCUT2D eigenvalue weighted by atomic mass is 10.4. The summed E-state index contributed by atoms with van der Waals surface area (Å²) in [6.07, 6.45) is 2.90. The zero-order valence-electron chi connectivity index (χ0n) is 8.64. The highest BCUT2D eigenvalue weighted by Gasteiger charge is 2.05. The SMILES string of the molecule is COCC(C)Oc1cnc(C(N)=S)cn1. The van der Waals surface area contributed by atoms with Crippen LogP contribution in [-0.4, -0.2) is 34.8 Å². The molecule has 0 fully saturated rings. The highest BCUT2D eigenvalue weighted by Crippen LogP contribution is 2.06. The molecule has 2 N–H and O–H groups in total. The number of hydrogen-bond donors (Lipinski definition) is 1. The molecule has 0 radical (unpaired) electrons. The molecule has 5 nitrogen and oxygen atoms in total. The number of aromatic nitrogens is 2. The van der Waals surface area contributed by atoms with Crippen molar-refractivity contribution >= 4 is 17.2 Å². The van der Waals surface area contributed by atoms with Crippen molar-refractivity contribution < 1.29 is 9.47 Å². The van der Waals surface area contributed by atoms with Crippen LogP contribution in [0.25, 0.3) is 0 Å². The number of thiocarbonyl (C=S) groups is 1. The van der Waals surface area contributed by atoms with Gasteiger partial charge in [0, 0.05) is 7.11 Å². The largest absolute Gasteiger partial charge is 0.471 e. The number of methoxy groups -OCH3 is 1. The van der Waals surface area contributed by atoms with Crippen LogP contribution in [0, 0.1) is 0 Å². The Morgan fingerprint density at radius 3 is 2.73 bits per heavy atom. The summed E-state index contributed by atoms with van der Waals surface area (Å²) in [6.45, 7) is 2.38. The maximum absolute atomic E-state index is 5.41. The minimum atomic E-state index is -0.0695. The zero-order chi connectivity index (χ0) is 11.3. The molecule has 0 aromatic carbocycles. The average molecular weight is 227 g/mol. The molecule has 0 bridgehead atoms. The van der Waals surface area contributed by atoms with Gasteiger partial charge in [0.15, 0.2) is 0 Å². The lowest BCUT2D eigenvalue weighted by Crippen LogP contribution is -2.19. The monoisotopic (exact) mass is 227 g/mol. The van der Waals surface area contributed by atoms with Crippen molar-refractivity contribution in [3.05, 3.63) is 18.1 Å². The van der Waals surface area contributed by atoms with Crippen LogP contribution >= 0.6 is 12.2 Å². The van der Waals surface area contributed by atoms with Crippen LogP contribution in [0.5, 0.6) is 5.88 Å². The lowest BCUT2D eigenvalue weighted by Gasteiger charge is -2.12. The summed E-state index contributed by atoms with van der Waals surface area (Å²) in [5.41, 5.74) is 5.86. The van der Waals surface area contributed by atoms with Crippen LogP contribution in [-0.2, 0) is 4.74 Å². The van der Waals surface area contributed by atoms with Crippen LogP contribution in [0.3, 0.4) is 0 Å². The fraction of sp³-hybridized carbons (Fsp3) is 0.444. The quantitative estimate of drug-likeness (QED) is 0.740. The molecule has 0 saturated carbocycles. The minimum Gasteiger partial charge on any atom is -0.471 e. The van der Waals surface area contributed by atoms with E-state index in [1.165, 1.54) is 12.4 Å². The van der Waals surface area contributed by atoms with Gasteiger partial charge in [-0.15, -0.1) is 0 Å². The first-order valence-corrected chi connectivity index (χ1v) is 4.81. The van der Waals surface area contributed by atoms with E-state index in [0.717, 1.165) is 0 Å². The van der Waals surface area contributed by atoms with Crippen LogP contribution in [0.2, 0.25) is 0 Å². The van der Waals surface area contributed by atoms with E-state index < -0.39 is 0 Å². The molecule has 1 rings (SSSR count). The van der Waals surface area contributed by atoms with E-state index in [0.29, 0.717) is 18.2 Å². The average Bonchev–Trinajstić information content (AvgIpc) is 2.18. The van der Waals surface area contributed by atoms with E-state index in [9.17, 15) is 0 Å². The van der Waals surface area contributed by atoms with Gasteiger partial charge in [0.05, 0.1) is 19.0 Å². The van der Waals surface area contributed by atoms with E-state index in [-0.39, 0.29) is 11.1 Å². The molecule has 1 aromatic rings. The lowest BCUT2D eigenvalue weighted by molar-refractivity contribution is 0.0887. The molecule has 1 atom stereocenters. The molecule has 82 valence electrons. The molecule has 0 aliphatic rings. The van der Waals surface area contributed by atoms with Crippen molar-refractivity contribution in [3.63, 3.8) is 0 Å². The van der Waals surface area contributed by atoms with E-state index in [2.05, 4.69) is 9.97 Å². The van der Waals surface area contributed by atoms with Crippen LogP contribution < -0.4 is 10.5 Å². The molecule has 0 amide bonds. The zero-order valence-corrected chi connectivity index (χ0v) is 9.45. The third kappa shape index (κ3) is 3.77. The summed E-state index contributed by atoms with van der Waals surface area (Å²) in [5, 5.41) is 0. The van der Waals surface area contributed by atoms with Gasteiger partial charge in [0.25, 0.3) is 0 Å². The Kier molecular flexibility index (Phi) is 4.38. The van der Waals surface area contributed by atoms with Gasteiger partial charge in [-0.3, -0.25) is 0 Å². The van der Waals surface area contributed by atoms with Crippen LogP contribution in [0.4, 0.5) is 0 Å². The molecule has 1 aromatic heterocycles. The van der Waals surface area contributed by atoms with Crippen LogP contribution in [0.15, 0.2) is 12.4 Å². The standard InChI is InChI=1S/C9H13N3O2S/c1-6(5-13-2)14-8-4-11-7(3-12-8)9(10)15/h3-4,6H,5H2,1-2H3,(H2,10,15). The highest BCUT2D eigenvalue weighted by molar-refractivity contribution is 7.80. The van der Waals surface area contributed by atoms with Gasteiger partial charge in [-0.2, -0.15) is 0 Å². The Labute approximate surface area is 93.6 Å². The Hall–Kier alpha value is -1.27. The molecule has 6 heteroatoms. The first-order chi connectivity index (χ1) is 7.13. The maximum atomic E-state index is 5.41. The number of rotatable bonds is 5. The maximum Gasteiger partial charge on any atom is 0.232 e. The van der Waals surface area contributed by atoms with Crippen LogP contribution in [0.1, 0.15) is 12.6 Å². The second-order valence-corrected chi connectivity index (χ2v) is 3.43. The van der Waals surface area contributed by atoms with Crippen molar-refractivity contribution in [2.75, 3.05) is 13.7 Å². The Bertz CT molecular complexity index is 329. The Balaban J connectivity index is 2.60. The fourth-order valence-electron chi connectivity index (χ4n) is 0.979. The van der Waals surface area contributed by atoms with E-state index in [1.807, 2.05) is 6.92 Å². The fourth-order valence-corrected chi connectivity index (χ4v) is 1.08. The second-order valence-electron chi connectivity index (χ2n) is 2.99. The van der Waals surface area contributed by atoms with Gasteiger partial charge >= 0.3 is 0 Å². The number of nitrogens with zero attached hydrogens (tertiary/aromatic N) is 2. The van der Waals surface area contributed by atoms with Crippen molar-refractivity contribution in [2.45, 2.75) is 13.0 Å². The Morgan fingerprint density at radius 2 is 2.27 bits per heavy atom. The molecule has 1 unspecified atom stereocenters. The van der Waals surface area contributed by atoms with Crippen molar-refractivity contribution in [3.8, 4) is 5.88 Å². The topological polar surface area (TPSA) is 70.3 Å². The van der Waals surface area contributed by atoms with Crippen molar-refractivity contribution in [1.82, 2.24) is 9.97 Å². The molecule has 1 heterocycles. The Morgan fingerprint density at radius 1 is 1.53 bits per heavy atom. The van der Waals surface area contributed by atoms with Crippen molar-refractivity contribution in [1.29, 1.82) is 0 Å². The molecule has 0 aliphatic heterocycles. The number of hydrogen-bond acceptors (Lipinski definition) is 5. The van der Waals surface area contributed by atoms with E-state index in [1.54, 1.807) is 7.11 Å². The van der Waals surface area contributed by atoms with Crippen molar-refractivity contribution in [2.24, 2.45) is 5.73 Å². The van der Waals surface area contributed by atoms with Gasteiger partial charge in [-0.05, 0) is 6.92 Å². The third-order valence-corrected chi connectivity index (χ3v) is 1.81. The third-order valence-electron chi connectivity index (χ3n) is 1.60. The van der Waals surface area contributed by atoms with E-state index >= 15 is 0 Å². The summed E-state index contributed by atoms with van der Waals surface area (Å²) in [7, 11) is 1.61. The summed E-state index contributed by atoms with van der Waals surface area (Å²) < 4.78 is 10.3. The van der Waals surface area contributed by atoms with E-state index in [4.69, 9.17) is 27.4 Å². The predicted molar refractivity (Wildman–Crippen MR) is 59.9 cm³/mol. The smallest absolute Gasteiger partial charge is 0.232 e. The molecule has 15 heavy (non-hydrogen) atoms. The van der Waals surface area contributed by atoms with Gasteiger partial charge in [-0.1, -0.05) is 12.2 Å². The molecule has 0 aliphatic carbocycles. The molecular formula is C9H13N3O2S. The predicted octanol–water partition coefficient (Wildman–Crippen LogP) is 0.525. The summed E-state index contributed by atoms with van der Waals surface area (Å²) in [5.74, 6) is 0.430. The van der Waals surface area contributed by atoms with Gasteiger partial charge in [-0.25, -0.2) is 9.97 Å². The van der Waals surface area contributed by atoms with Gasteiger partial charge in [0.2, 0.25) is 5.88 Å². The summed E-state index contributed by atoms with van der Waals surface area (Å²) in [4.78, 5) is 8.23. The molecular weight excluding hydrogens is 214 g/mol. The first kappa shape index (κ1) is 11.8.